The molecule has 0 aliphatic heterocycles. The van der Waals surface area contributed by atoms with Crippen LogP contribution in [0.4, 0.5) is 0 Å². The Hall–Kier alpha value is -2.62. The number of hydrogen-bond acceptors (Lipinski definition) is 4. The minimum atomic E-state index is -0.421. The van der Waals surface area contributed by atoms with Crippen LogP contribution in [0, 0.1) is 17.3 Å². The zero-order valence-electron chi connectivity index (χ0n) is 17.0. The molecule has 0 saturated heterocycles. The Kier molecular flexibility index (Phi) is 5.44. The summed E-state index contributed by atoms with van der Waals surface area (Å²) in [4.78, 5) is 25.7. The second kappa shape index (κ2) is 8.02. The molecule has 0 heterocycles. The predicted octanol–water partition coefficient (Wildman–Crippen LogP) is 5.28. The molecule has 2 aromatic carbocycles. The lowest BCUT2D eigenvalue weighted by Crippen LogP contribution is -2.60. The summed E-state index contributed by atoms with van der Waals surface area (Å²) in [6.45, 7) is 4.37. The molecule has 0 amide bonds. The van der Waals surface area contributed by atoms with Crippen molar-refractivity contribution in [3.63, 3.8) is 0 Å². The lowest BCUT2D eigenvalue weighted by Gasteiger charge is -2.56. The number of rotatable bonds is 5. The van der Waals surface area contributed by atoms with Crippen LogP contribution in [-0.4, -0.2) is 24.1 Å². The largest absolute Gasteiger partial charge is 0.455 e. The van der Waals surface area contributed by atoms with E-state index in [4.69, 9.17) is 9.47 Å². The fourth-order valence-electron chi connectivity index (χ4n) is 5.14. The molecule has 29 heavy (non-hydrogen) atoms. The Morgan fingerprint density at radius 3 is 1.79 bits per heavy atom. The number of esters is 2. The van der Waals surface area contributed by atoms with Crippen LogP contribution < -0.4 is 0 Å². The van der Waals surface area contributed by atoms with Crippen LogP contribution in [0.5, 0.6) is 0 Å². The van der Waals surface area contributed by atoms with Crippen molar-refractivity contribution >= 4 is 11.9 Å². The highest BCUT2D eigenvalue weighted by molar-refractivity contribution is 5.90. The van der Waals surface area contributed by atoms with Crippen LogP contribution in [0.3, 0.4) is 0 Å². The van der Waals surface area contributed by atoms with Crippen molar-refractivity contribution in [1.82, 2.24) is 0 Å². The third-order valence-corrected chi connectivity index (χ3v) is 6.94. The molecule has 2 unspecified atom stereocenters. The van der Waals surface area contributed by atoms with E-state index >= 15 is 0 Å². The van der Waals surface area contributed by atoms with Gasteiger partial charge in [-0.15, -0.1) is 0 Å². The van der Waals surface area contributed by atoms with Crippen LogP contribution in [-0.2, 0) is 9.47 Å². The predicted molar refractivity (Wildman–Crippen MR) is 111 cm³/mol. The third kappa shape index (κ3) is 3.68. The summed E-state index contributed by atoms with van der Waals surface area (Å²) >= 11 is 0. The van der Waals surface area contributed by atoms with Gasteiger partial charge < -0.3 is 9.47 Å². The van der Waals surface area contributed by atoms with Gasteiger partial charge in [0.05, 0.1) is 11.1 Å². The number of hydrogen-bond donors (Lipinski definition) is 0. The van der Waals surface area contributed by atoms with E-state index in [1.807, 2.05) is 36.4 Å². The monoisotopic (exact) mass is 392 g/mol. The summed E-state index contributed by atoms with van der Waals surface area (Å²) in [6, 6.07) is 18.1. The summed E-state index contributed by atoms with van der Waals surface area (Å²) in [5.74, 6) is -0.126. The van der Waals surface area contributed by atoms with Gasteiger partial charge in [-0.25, -0.2) is 9.59 Å². The van der Waals surface area contributed by atoms with E-state index in [0.29, 0.717) is 17.0 Å². The van der Waals surface area contributed by atoms with Crippen molar-refractivity contribution in [2.75, 3.05) is 0 Å². The Balaban J connectivity index is 1.62. The van der Waals surface area contributed by atoms with Gasteiger partial charge >= 0.3 is 11.9 Å². The standard InChI is InChI=1S/C25H28O4/c1-17(2)25-15-13-18(14-16-25)21(28-23(26)19-9-5-3-6-10-19)22(25)29-24(27)20-11-7-4-8-12-20/h3-12,17-18,21-22H,13-16H2,1-2H3. The lowest BCUT2D eigenvalue weighted by molar-refractivity contribution is -0.179. The van der Waals surface area contributed by atoms with Crippen molar-refractivity contribution in [1.29, 1.82) is 0 Å². The molecule has 4 nitrogen and oxygen atoms in total. The van der Waals surface area contributed by atoms with E-state index in [1.165, 1.54) is 0 Å². The van der Waals surface area contributed by atoms with Gasteiger partial charge in [-0.05, 0) is 61.8 Å². The average Bonchev–Trinajstić information content (AvgIpc) is 2.77. The van der Waals surface area contributed by atoms with Gasteiger partial charge in [0.1, 0.15) is 12.2 Å². The topological polar surface area (TPSA) is 52.6 Å². The first kappa shape index (κ1) is 19.7. The van der Waals surface area contributed by atoms with Crippen molar-refractivity contribution in [3.05, 3.63) is 71.8 Å². The smallest absolute Gasteiger partial charge is 0.338 e. The Labute approximate surface area is 172 Å². The first-order valence-corrected chi connectivity index (χ1v) is 10.5. The maximum atomic E-state index is 12.9. The van der Waals surface area contributed by atoms with Crippen molar-refractivity contribution in [2.24, 2.45) is 17.3 Å². The summed E-state index contributed by atoms with van der Waals surface area (Å²) in [5.41, 5.74) is 0.905. The molecule has 2 bridgehead atoms. The first-order chi connectivity index (χ1) is 14.0. The molecule has 152 valence electrons. The van der Waals surface area contributed by atoms with Crippen molar-refractivity contribution in [2.45, 2.75) is 51.7 Å². The van der Waals surface area contributed by atoms with Crippen LogP contribution >= 0.6 is 0 Å². The third-order valence-electron chi connectivity index (χ3n) is 6.94. The summed E-state index contributed by atoms with van der Waals surface area (Å²) in [7, 11) is 0. The highest BCUT2D eigenvalue weighted by Crippen LogP contribution is 2.56. The van der Waals surface area contributed by atoms with Gasteiger partial charge in [-0.2, -0.15) is 0 Å². The molecule has 3 aliphatic rings. The van der Waals surface area contributed by atoms with E-state index in [-0.39, 0.29) is 23.3 Å². The maximum absolute atomic E-state index is 12.9. The molecule has 3 fully saturated rings. The molecule has 2 atom stereocenters. The minimum absolute atomic E-state index is 0.152. The zero-order valence-corrected chi connectivity index (χ0v) is 17.0. The van der Waals surface area contributed by atoms with Gasteiger partial charge in [0, 0.05) is 5.41 Å². The van der Waals surface area contributed by atoms with Crippen LogP contribution in [0.25, 0.3) is 0 Å². The zero-order chi connectivity index (χ0) is 20.4. The molecule has 4 heteroatoms. The van der Waals surface area contributed by atoms with Crippen LogP contribution in [0.15, 0.2) is 60.7 Å². The number of fused-ring (bicyclic) bond motifs is 3. The molecule has 0 aromatic heterocycles. The van der Waals surface area contributed by atoms with E-state index < -0.39 is 12.2 Å². The van der Waals surface area contributed by atoms with Gasteiger partial charge in [-0.1, -0.05) is 50.2 Å². The minimum Gasteiger partial charge on any atom is -0.455 e. The molecule has 0 radical (unpaired) electrons. The van der Waals surface area contributed by atoms with E-state index in [2.05, 4.69) is 13.8 Å². The van der Waals surface area contributed by atoms with Gasteiger partial charge in [0.25, 0.3) is 0 Å². The highest BCUT2D eigenvalue weighted by atomic mass is 16.6. The second-order valence-electron chi connectivity index (χ2n) is 8.65. The van der Waals surface area contributed by atoms with Gasteiger partial charge in [-0.3, -0.25) is 0 Å². The highest BCUT2D eigenvalue weighted by Gasteiger charge is 2.58. The average molecular weight is 392 g/mol. The molecule has 5 rings (SSSR count). The number of carbonyl (C=O) groups is 2. The lowest BCUT2D eigenvalue weighted by atomic mass is 9.53. The fourth-order valence-corrected chi connectivity index (χ4v) is 5.14. The van der Waals surface area contributed by atoms with E-state index in [9.17, 15) is 9.59 Å². The van der Waals surface area contributed by atoms with Crippen LogP contribution in [0.2, 0.25) is 0 Å². The van der Waals surface area contributed by atoms with E-state index in [0.717, 1.165) is 25.7 Å². The van der Waals surface area contributed by atoms with Crippen LogP contribution in [0.1, 0.15) is 60.2 Å². The van der Waals surface area contributed by atoms with Gasteiger partial charge in [0.15, 0.2) is 0 Å². The van der Waals surface area contributed by atoms with E-state index in [1.54, 1.807) is 24.3 Å². The van der Waals surface area contributed by atoms with Crippen molar-refractivity contribution < 1.29 is 19.1 Å². The summed E-state index contributed by atoms with van der Waals surface area (Å²) < 4.78 is 12.1. The SMILES string of the molecule is CC(C)C12CCC(CC1)C(OC(=O)c1ccccc1)C2OC(=O)c1ccccc1. The Morgan fingerprint density at radius 2 is 1.31 bits per heavy atom. The number of ether oxygens (including phenoxy) is 2. The summed E-state index contributed by atoms with van der Waals surface area (Å²) in [5, 5.41) is 0. The molecule has 3 saturated carbocycles. The van der Waals surface area contributed by atoms with Crippen molar-refractivity contribution in [3.8, 4) is 0 Å². The molecule has 0 spiro atoms. The number of carbonyl (C=O) groups excluding carboxylic acids is 2. The Bertz CT molecular complexity index is 851. The van der Waals surface area contributed by atoms with Gasteiger partial charge in [0.2, 0.25) is 0 Å². The normalized spacial score (nSPS) is 28.2. The fraction of sp³-hybridized carbons (Fsp3) is 0.440. The molecular weight excluding hydrogens is 364 g/mol. The molecular formula is C25H28O4. The Morgan fingerprint density at radius 1 is 0.828 bits per heavy atom. The quantitative estimate of drug-likeness (QED) is 0.649. The second-order valence-corrected chi connectivity index (χ2v) is 8.65. The molecule has 2 aromatic rings. The molecule has 3 aliphatic carbocycles. The number of benzene rings is 2. The molecule has 0 N–H and O–H groups in total. The summed E-state index contributed by atoms with van der Waals surface area (Å²) in [6.07, 6.45) is 3.19. The first-order valence-electron chi connectivity index (χ1n) is 10.5. The maximum Gasteiger partial charge on any atom is 0.338 e.